The molecule has 0 fully saturated rings. The molecule has 0 radical (unpaired) electrons. The second kappa shape index (κ2) is 7.45. The number of phenolic OH excluding ortho intramolecular Hbond substituents is 1. The average Bonchev–Trinajstić information content (AvgIpc) is 2.54. The predicted molar refractivity (Wildman–Crippen MR) is 98.8 cm³/mol. The highest BCUT2D eigenvalue weighted by Gasteiger charge is 2.17. The summed E-state index contributed by atoms with van der Waals surface area (Å²) in [4.78, 5) is 0.0503. The third kappa shape index (κ3) is 4.02. The molecule has 0 aromatic heterocycles. The summed E-state index contributed by atoms with van der Waals surface area (Å²) in [5.41, 5.74) is 6.73. The van der Waals surface area contributed by atoms with Gasteiger partial charge in [0.05, 0.1) is 24.8 Å². The summed E-state index contributed by atoms with van der Waals surface area (Å²) in [6, 6.07) is 7.34. The van der Waals surface area contributed by atoms with Crippen LogP contribution in [0, 0.1) is 3.57 Å². The molecular formula is C15H17IN2O5S. The standard InChI is InChI=1S/C15H17IN2O5S/c1-22-14-6-10(3-4-12(14)17)24(20,21)18-8-9-5-15(23-2)13(19)7-11(9)16/h3-7,18-19H,8,17H2,1-2H3. The van der Waals surface area contributed by atoms with E-state index in [0.717, 1.165) is 0 Å². The summed E-state index contributed by atoms with van der Waals surface area (Å²) < 4.78 is 38.2. The van der Waals surface area contributed by atoms with Crippen LogP contribution < -0.4 is 19.9 Å². The molecule has 0 amide bonds. The van der Waals surface area contributed by atoms with Crippen molar-refractivity contribution >= 4 is 38.3 Å². The second-order valence-electron chi connectivity index (χ2n) is 4.84. The van der Waals surface area contributed by atoms with Gasteiger partial charge in [0.15, 0.2) is 11.5 Å². The molecular weight excluding hydrogens is 447 g/mol. The maximum Gasteiger partial charge on any atom is 0.241 e. The van der Waals surface area contributed by atoms with Gasteiger partial charge in [0.2, 0.25) is 10.0 Å². The van der Waals surface area contributed by atoms with Crippen LogP contribution in [0.25, 0.3) is 0 Å². The van der Waals surface area contributed by atoms with Crippen LogP contribution in [0.2, 0.25) is 0 Å². The van der Waals surface area contributed by atoms with Crippen molar-refractivity contribution < 1.29 is 23.0 Å². The van der Waals surface area contributed by atoms with Crippen LogP contribution >= 0.6 is 22.6 Å². The van der Waals surface area contributed by atoms with Gasteiger partial charge in [0.1, 0.15) is 5.75 Å². The van der Waals surface area contributed by atoms with Crippen molar-refractivity contribution in [1.82, 2.24) is 4.72 Å². The first kappa shape index (κ1) is 18.6. The Labute approximate surface area is 154 Å². The number of rotatable bonds is 6. The van der Waals surface area contributed by atoms with E-state index in [1.54, 1.807) is 6.07 Å². The van der Waals surface area contributed by atoms with E-state index < -0.39 is 10.0 Å². The average molecular weight is 464 g/mol. The fourth-order valence-corrected chi connectivity index (χ4v) is 3.66. The van der Waals surface area contributed by atoms with Crippen LogP contribution in [0.4, 0.5) is 5.69 Å². The summed E-state index contributed by atoms with van der Waals surface area (Å²) >= 11 is 2.01. The number of anilines is 1. The maximum atomic E-state index is 12.4. The molecule has 24 heavy (non-hydrogen) atoms. The molecule has 7 nitrogen and oxygen atoms in total. The number of phenols is 1. The highest BCUT2D eigenvalue weighted by atomic mass is 127. The molecule has 9 heteroatoms. The minimum Gasteiger partial charge on any atom is -0.504 e. The number of aromatic hydroxyl groups is 1. The summed E-state index contributed by atoms with van der Waals surface area (Å²) in [5.74, 6) is 0.564. The topological polar surface area (TPSA) is 111 Å². The molecule has 0 bridgehead atoms. The van der Waals surface area contributed by atoms with E-state index in [0.29, 0.717) is 20.6 Å². The lowest BCUT2D eigenvalue weighted by Gasteiger charge is -2.12. The van der Waals surface area contributed by atoms with Crippen molar-refractivity contribution in [3.05, 3.63) is 39.5 Å². The number of hydrogen-bond acceptors (Lipinski definition) is 6. The van der Waals surface area contributed by atoms with E-state index in [4.69, 9.17) is 15.2 Å². The van der Waals surface area contributed by atoms with E-state index >= 15 is 0 Å². The minimum atomic E-state index is -3.75. The van der Waals surface area contributed by atoms with Crippen LogP contribution in [0.15, 0.2) is 35.2 Å². The van der Waals surface area contributed by atoms with Crippen LogP contribution in [-0.2, 0) is 16.6 Å². The maximum absolute atomic E-state index is 12.4. The zero-order chi connectivity index (χ0) is 17.9. The van der Waals surface area contributed by atoms with Crippen LogP contribution in [0.3, 0.4) is 0 Å². The molecule has 130 valence electrons. The third-order valence-electron chi connectivity index (χ3n) is 3.32. The highest BCUT2D eigenvalue weighted by Crippen LogP contribution is 2.30. The molecule has 0 atom stereocenters. The van der Waals surface area contributed by atoms with Gasteiger partial charge in [-0.05, 0) is 52.4 Å². The fraction of sp³-hybridized carbons (Fsp3) is 0.200. The first-order valence-electron chi connectivity index (χ1n) is 6.77. The zero-order valence-electron chi connectivity index (χ0n) is 13.0. The normalized spacial score (nSPS) is 11.3. The summed E-state index contributed by atoms with van der Waals surface area (Å²) in [7, 11) is -0.902. The number of halogens is 1. The molecule has 0 saturated heterocycles. The number of nitrogen functional groups attached to an aromatic ring is 1. The van der Waals surface area contributed by atoms with E-state index in [-0.39, 0.29) is 22.9 Å². The van der Waals surface area contributed by atoms with E-state index in [2.05, 4.69) is 4.72 Å². The minimum absolute atomic E-state index is 0.00298. The number of hydrogen-bond donors (Lipinski definition) is 3. The van der Waals surface area contributed by atoms with Gasteiger partial charge in [-0.1, -0.05) is 0 Å². The van der Waals surface area contributed by atoms with Crippen molar-refractivity contribution in [3.8, 4) is 17.2 Å². The van der Waals surface area contributed by atoms with Gasteiger partial charge >= 0.3 is 0 Å². The van der Waals surface area contributed by atoms with Gasteiger partial charge in [-0.15, -0.1) is 0 Å². The molecule has 0 aliphatic heterocycles. The van der Waals surface area contributed by atoms with Gasteiger partial charge < -0.3 is 20.3 Å². The van der Waals surface area contributed by atoms with Crippen LogP contribution in [0.1, 0.15) is 5.56 Å². The molecule has 0 aliphatic rings. The van der Waals surface area contributed by atoms with E-state index in [9.17, 15) is 13.5 Å². The molecule has 2 aromatic carbocycles. The van der Waals surface area contributed by atoms with Crippen LogP contribution in [0.5, 0.6) is 17.2 Å². The van der Waals surface area contributed by atoms with Crippen molar-refractivity contribution in [3.63, 3.8) is 0 Å². The molecule has 0 heterocycles. The lowest BCUT2D eigenvalue weighted by Crippen LogP contribution is -2.23. The Morgan fingerprint density at radius 1 is 1.17 bits per heavy atom. The van der Waals surface area contributed by atoms with Gasteiger partial charge in [0.25, 0.3) is 0 Å². The Bertz CT molecular complexity index is 855. The number of sulfonamides is 1. The molecule has 0 saturated carbocycles. The first-order chi connectivity index (χ1) is 11.3. The SMILES string of the molecule is COc1cc(S(=O)(=O)NCc2cc(OC)c(O)cc2I)ccc1N. The molecule has 2 rings (SSSR count). The first-order valence-corrected chi connectivity index (χ1v) is 9.33. The molecule has 0 aliphatic carbocycles. The zero-order valence-corrected chi connectivity index (χ0v) is 16.0. The number of methoxy groups -OCH3 is 2. The van der Waals surface area contributed by atoms with E-state index in [1.165, 1.54) is 38.5 Å². The van der Waals surface area contributed by atoms with Crippen molar-refractivity contribution in [2.45, 2.75) is 11.4 Å². The van der Waals surface area contributed by atoms with Gasteiger partial charge in [-0.25, -0.2) is 13.1 Å². The Kier molecular flexibility index (Phi) is 5.78. The molecule has 4 N–H and O–H groups in total. The van der Waals surface area contributed by atoms with Crippen molar-refractivity contribution in [1.29, 1.82) is 0 Å². The second-order valence-corrected chi connectivity index (χ2v) is 7.77. The molecule has 2 aromatic rings. The summed E-state index contributed by atoms with van der Waals surface area (Å²) in [6.45, 7) is 0.0456. The quantitative estimate of drug-likeness (QED) is 0.446. The number of nitrogens with one attached hydrogen (secondary N) is 1. The lowest BCUT2D eigenvalue weighted by atomic mass is 10.2. The lowest BCUT2D eigenvalue weighted by molar-refractivity contribution is 0.372. The number of ether oxygens (including phenoxy) is 2. The Hall–Kier alpha value is -1.72. The Morgan fingerprint density at radius 2 is 1.83 bits per heavy atom. The summed E-state index contributed by atoms with van der Waals surface area (Å²) in [5, 5.41) is 9.71. The van der Waals surface area contributed by atoms with Crippen LogP contribution in [-0.4, -0.2) is 27.7 Å². The number of nitrogens with two attached hydrogens (primary N) is 1. The fourth-order valence-electron chi connectivity index (χ4n) is 2.00. The van der Waals surface area contributed by atoms with Gasteiger partial charge in [-0.2, -0.15) is 0 Å². The Balaban J connectivity index is 2.25. The smallest absolute Gasteiger partial charge is 0.241 e. The van der Waals surface area contributed by atoms with Crippen molar-refractivity contribution in [2.24, 2.45) is 0 Å². The molecule has 0 spiro atoms. The van der Waals surface area contributed by atoms with Gasteiger partial charge in [0, 0.05) is 16.2 Å². The van der Waals surface area contributed by atoms with Crippen molar-refractivity contribution in [2.75, 3.05) is 20.0 Å². The van der Waals surface area contributed by atoms with Gasteiger partial charge in [-0.3, -0.25) is 0 Å². The predicted octanol–water partition coefficient (Wildman–Crippen LogP) is 2.07. The van der Waals surface area contributed by atoms with E-state index in [1.807, 2.05) is 22.6 Å². The Morgan fingerprint density at radius 3 is 2.46 bits per heavy atom. The summed E-state index contributed by atoms with van der Waals surface area (Å²) in [6.07, 6.45) is 0. The monoisotopic (exact) mass is 464 g/mol. The third-order valence-corrected chi connectivity index (χ3v) is 5.72. The largest absolute Gasteiger partial charge is 0.504 e. The molecule has 0 unspecified atom stereocenters. The highest BCUT2D eigenvalue weighted by molar-refractivity contribution is 14.1. The number of benzene rings is 2.